The first-order chi connectivity index (χ1) is 2.21. The Labute approximate surface area is 78.0 Å². The van der Waals surface area contributed by atoms with Crippen molar-refractivity contribution in [1.29, 1.82) is 0 Å². The maximum atomic E-state index is 7.74. The summed E-state index contributed by atoms with van der Waals surface area (Å²) in [6.07, 6.45) is -2.25. The van der Waals surface area contributed by atoms with Crippen molar-refractivity contribution in [2.75, 3.05) is 0 Å². The summed E-state index contributed by atoms with van der Waals surface area (Å²) in [5.41, 5.74) is 0. The van der Waals surface area contributed by atoms with Gasteiger partial charge in [0, 0.05) is 0 Å². The SMILES string of the molecule is OC1(O)OO1.[H-].[H-].[H-].[H-].[Mg+2].[Mg+2]. The molecule has 1 fully saturated rings. The van der Waals surface area contributed by atoms with E-state index in [9.17, 15) is 0 Å². The first-order valence-electron chi connectivity index (χ1n) is 1.02. The number of aliphatic hydroxyl groups is 2. The molecule has 1 heterocycles. The second-order valence-corrected chi connectivity index (χ2v) is 0.715. The Hall–Kier alpha value is 1.37. The van der Waals surface area contributed by atoms with Crippen LogP contribution in [0.25, 0.3) is 0 Å². The van der Waals surface area contributed by atoms with E-state index in [4.69, 9.17) is 10.2 Å². The fourth-order valence-electron chi connectivity index (χ4n) is 0.0373. The molecule has 4 nitrogen and oxygen atoms in total. The van der Waals surface area contributed by atoms with Gasteiger partial charge in [0.15, 0.2) is 0 Å². The molecule has 0 aliphatic carbocycles. The van der Waals surface area contributed by atoms with Crippen molar-refractivity contribution in [3.8, 4) is 0 Å². The van der Waals surface area contributed by atoms with E-state index in [2.05, 4.69) is 9.78 Å². The van der Waals surface area contributed by atoms with E-state index in [-0.39, 0.29) is 51.8 Å². The summed E-state index contributed by atoms with van der Waals surface area (Å²) in [4.78, 5) is 7.01. The topological polar surface area (TPSA) is 65.5 Å². The van der Waals surface area contributed by atoms with Crippen LogP contribution in [-0.4, -0.2) is 62.5 Å². The summed E-state index contributed by atoms with van der Waals surface area (Å²) in [6.45, 7) is 0. The van der Waals surface area contributed by atoms with Gasteiger partial charge in [-0.05, 0) is 0 Å². The summed E-state index contributed by atoms with van der Waals surface area (Å²) in [5, 5.41) is 15.5. The molecule has 1 saturated heterocycles. The largest absolute Gasteiger partial charge is 2.00 e. The molecule has 7 heavy (non-hydrogen) atoms. The van der Waals surface area contributed by atoms with Gasteiger partial charge in [-0.2, -0.15) is 0 Å². The molecule has 6 heteroatoms. The van der Waals surface area contributed by atoms with Crippen LogP contribution in [0.2, 0.25) is 0 Å². The second-order valence-electron chi connectivity index (χ2n) is 0.715. The molecular weight excluding hydrogens is 125 g/mol. The fourth-order valence-corrected chi connectivity index (χ4v) is 0.0373. The molecule has 0 aromatic rings. The number of rotatable bonds is 0. The third-order valence-corrected chi connectivity index (χ3v) is 0.232. The summed E-state index contributed by atoms with van der Waals surface area (Å²) in [6, 6.07) is 0. The molecule has 1 rings (SSSR count). The zero-order valence-electron chi connectivity index (χ0n) is 7.63. The van der Waals surface area contributed by atoms with E-state index in [1.54, 1.807) is 0 Å². The average molecular weight is 131 g/mol. The van der Waals surface area contributed by atoms with Gasteiger partial charge in [-0.1, -0.05) is 0 Å². The zero-order chi connectivity index (χ0) is 3.91. The van der Waals surface area contributed by atoms with Gasteiger partial charge in [0.1, 0.15) is 0 Å². The second kappa shape index (κ2) is 3.41. The van der Waals surface area contributed by atoms with Gasteiger partial charge < -0.3 is 15.9 Å². The Balaban J connectivity index is -0.0000000104. The van der Waals surface area contributed by atoms with E-state index in [0.29, 0.717) is 0 Å². The molecule has 0 atom stereocenters. The van der Waals surface area contributed by atoms with Crippen LogP contribution >= 0.6 is 0 Å². The normalized spacial score (nSPS) is 21.4. The predicted molar refractivity (Wildman–Crippen MR) is 25.3 cm³/mol. The molecule has 1 aliphatic rings. The number of hydrogen-bond acceptors (Lipinski definition) is 4. The predicted octanol–water partition coefficient (Wildman–Crippen LogP) is -1.77. The van der Waals surface area contributed by atoms with Crippen LogP contribution in [0.5, 0.6) is 0 Å². The smallest absolute Gasteiger partial charge is 1.00 e. The monoisotopic (exact) mass is 130 g/mol. The molecule has 1 aliphatic heterocycles. The van der Waals surface area contributed by atoms with Gasteiger partial charge in [0.2, 0.25) is 0 Å². The van der Waals surface area contributed by atoms with Crippen molar-refractivity contribution in [3.63, 3.8) is 0 Å². The molecule has 0 amide bonds. The summed E-state index contributed by atoms with van der Waals surface area (Å²) < 4.78 is 0. The van der Waals surface area contributed by atoms with Gasteiger partial charge >= 0.3 is 52.3 Å². The minimum atomic E-state index is -2.25. The van der Waals surface area contributed by atoms with Crippen molar-refractivity contribution in [2.45, 2.75) is 6.16 Å². The Morgan fingerprint density at radius 2 is 1.29 bits per heavy atom. The van der Waals surface area contributed by atoms with Crippen molar-refractivity contribution < 1.29 is 25.7 Å². The molecule has 0 radical (unpaired) electrons. The van der Waals surface area contributed by atoms with E-state index in [0.717, 1.165) is 0 Å². The van der Waals surface area contributed by atoms with Gasteiger partial charge in [0.25, 0.3) is 0 Å². The van der Waals surface area contributed by atoms with Crippen molar-refractivity contribution in [2.24, 2.45) is 0 Å². The molecule has 0 spiro atoms. The minimum absolute atomic E-state index is 0. The maximum absolute atomic E-state index is 7.74. The third-order valence-electron chi connectivity index (χ3n) is 0.232. The van der Waals surface area contributed by atoms with Crippen LogP contribution in [0.1, 0.15) is 5.71 Å². The summed E-state index contributed by atoms with van der Waals surface area (Å²) in [5.74, 6) is 0. The number of hydrogen-bond donors (Lipinski definition) is 2. The van der Waals surface area contributed by atoms with Crippen LogP contribution in [0, 0.1) is 0 Å². The summed E-state index contributed by atoms with van der Waals surface area (Å²) >= 11 is 0. The molecule has 2 N–H and O–H groups in total. The van der Waals surface area contributed by atoms with Gasteiger partial charge in [-0.3, -0.25) is 0 Å². The van der Waals surface area contributed by atoms with Crippen LogP contribution in [0.15, 0.2) is 0 Å². The molecule has 0 bridgehead atoms. The zero-order valence-corrected chi connectivity index (χ0v) is 6.45. The first kappa shape index (κ1) is 11.2. The average Bonchev–Trinajstić information content (AvgIpc) is 1.76. The summed E-state index contributed by atoms with van der Waals surface area (Å²) in [7, 11) is 0. The van der Waals surface area contributed by atoms with Crippen LogP contribution in [0.3, 0.4) is 0 Å². The first-order valence-corrected chi connectivity index (χ1v) is 1.02. The maximum Gasteiger partial charge on any atom is 2.00 e. The molecular formula is CH6Mg2O4. The van der Waals surface area contributed by atoms with Crippen molar-refractivity contribution >= 4 is 46.1 Å². The van der Waals surface area contributed by atoms with Crippen LogP contribution < -0.4 is 0 Å². The van der Waals surface area contributed by atoms with Crippen molar-refractivity contribution in [1.82, 2.24) is 0 Å². The van der Waals surface area contributed by atoms with Crippen LogP contribution in [0.4, 0.5) is 0 Å². The van der Waals surface area contributed by atoms with Gasteiger partial charge in [0.05, 0.1) is 0 Å². The molecule has 0 aromatic heterocycles. The van der Waals surface area contributed by atoms with E-state index >= 15 is 0 Å². The molecule has 0 saturated carbocycles. The van der Waals surface area contributed by atoms with E-state index in [1.807, 2.05) is 0 Å². The van der Waals surface area contributed by atoms with Crippen molar-refractivity contribution in [3.05, 3.63) is 0 Å². The van der Waals surface area contributed by atoms with Crippen LogP contribution in [-0.2, 0) is 9.78 Å². The Kier molecular flexibility index (Phi) is 5.46. The Morgan fingerprint density at radius 3 is 1.29 bits per heavy atom. The Bertz CT molecular complexity index is 58.1. The standard InChI is InChI=1S/CH2O4.2Mg.4H/c2-1(3)4-5-1;;;;;;/h2-3H;;;;;;/q;2*+2;4*-1. The third kappa shape index (κ3) is 5.24. The van der Waals surface area contributed by atoms with E-state index in [1.165, 1.54) is 0 Å². The van der Waals surface area contributed by atoms with Gasteiger partial charge in [-0.25, -0.2) is 0 Å². The molecule has 0 aromatic carbocycles. The Morgan fingerprint density at radius 1 is 1.14 bits per heavy atom. The minimum Gasteiger partial charge on any atom is -1.00 e. The quantitative estimate of drug-likeness (QED) is 0.176. The van der Waals surface area contributed by atoms with E-state index < -0.39 is 6.16 Å². The molecule has 0 unspecified atom stereocenters. The molecule has 38 valence electrons. The fraction of sp³-hybridized carbons (Fsp3) is 1.00. The van der Waals surface area contributed by atoms with Gasteiger partial charge in [-0.15, -0.1) is 9.78 Å².